The summed E-state index contributed by atoms with van der Waals surface area (Å²) in [6.07, 6.45) is 0.743. The molecule has 3 nitrogen and oxygen atoms in total. The van der Waals surface area contributed by atoms with Gasteiger partial charge in [-0.3, -0.25) is 0 Å². The first kappa shape index (κ1) is 10.5. The first-order valence-corrected chi connectivity index (χ1v) is 6.39. The number of rotatable bonds is 3. The van der Waals surface area contributed by atoms with E-state index in [4.69, 9.17) is 10.2 Å². The molecule has 0 fully saturated rings. The third-order valence-electron chi connectivity index (χ3n) is 2.67. The van der Waals surface area contributed by atoms with Crippen molar-refractivity contribution in [3.8, 4) is 0 Å². The van der Waals surface area contributed by atoms with Crippen molar-refractivity contribution < 1.29 is 4.42 Å². The van der Waals surface area contributed by atoms with Crippen LogP contribution < -0.4 is 5.73 Å². The molecular formula is C13H12N2OS. The normalized spacial score (nSPS) is 13.0. The molecule has 86 valence electrons. The largest absolute Gasteiger partial charge is 0.438 e. The second kappa shape index (κ2) is 4.31. The molecule has 3 aromatic rings. The second-order valence-electron chi connectivity index (χ2n) is 3.97. The number of benzene rings is 1. The molecular weight excluding hydrogens is 232 g/mol. The smallest absolute Gasteiger partial charge is 0.212 e. The highest BCUT2D eigenvalue weighted by atomic mass is 32.1. The lowest BCUT2D eigenvalue weighted by Gasteiger charge is -2.06. The van der Waals surface area contributed by atoms with Crippen LogP contribution in [0.2, 0.25) is 0 Å². The van der Waals surface area contributed by atoms with Crippen molar-refractivity contribution in [3.05, 3.63) is 52.5 Å². The van der Waals surface area contributed by atoms with E-state index < -0.39 is 0 Å². The summed E-state index contributed by atoms with van der Waals surface area (Å²) in [5, 5.41) is 3.92. The molecule has 17 heavy (non-hydrogen) atoms. The maximum absolute atomic E-state index is 6.10. The maximum atomic E-state index is 6.10. The fraction of sp³-hybridized carbons (Fsp3) is 0.154. The van der Waals surface area contributed by atoms with Gasteiger partial charge in [0, 0.05) is 10.8 Å². The summed E-state index contributed by atoms with van der Waals surface area (Å²) >= 11 is 1.59. The highest BCUT2D eigenvalue weighted by Crippen LogP contribution is 2.23. The van der Waals surface area contributed by atoms with Gasteiger partial charge in [0.05, 0.1) is 6.04 Å². The highest BCUT2D eigenvalue weighted by Gasteiger charge is 2.14. The summed E-state index contributed by atoms with van der Waals surface area (Å²) in [7, 11) is 0. The van der Waals surface area contributed by atoms with E-state index >= 15 is 0 Å². The van der Waals surface area contributed by atoms with E-state index in [0.717, 1.165) is 17.5 Å². The van der Waals surface area contributed by atoms with Crippen LogP contribution in [0.5, 0.6) is 0 Å². The van der Waals surface area contributed by atoms with Crippen molar-refractivity contribution in [2.24, 2.45) is 5.73 Å². The van der Waals surface area contributed by atoms with Crippen LogP contribution in [0, 0.1) is 0 Å². The third-order valence-corrected chi connectivity index (χ3v) is 3.38. The molecule has 0 aliphatic carbocycles. The van der Waals surface area contributed by atoms with Gasteiger partial charge >= 0.3 is 0 Å². The number of hydrogen-bond acceptors (Lipinski definition) is 4. The van der Waals surface area contributed by atoms with E-state index in [0.29, 0.717) is 5.89 Å². The van der Waals surface area contributed by atoms with Crippen LogP contribution in [0.15, 0.2) is 45.5 Å². The van der Waals surface area contributed by atoms with E-state index in [2.05, 4.69) is 17.1 Å². The molecule has 2 N–H and O–H groups in total. The van der Waals surface area contributed by atoms with Crippen molar-refractivity contribution in [3.63, 3.8) is 0 Å². The third kappa shape index (κ3) is 2.09. The molecule has 1 unspecified atom stereocenters. The second-order valence-corrected chi connectivity index (χ2v) is 4.71. The first-order valence-electron chi connectivity index (χ1n) is 5.45. The molecule has 0 radical (unpaired) electrons. The number of nitrogens with two attached hydrogens (primary N) is 1. The lowest BCUT2D eigenvalue weighted by atomic mass is 10.1. The van der Waals surface area contributed by atoms with Crippen molar-refractivity contribution in [2.75, 3.05) is 0 Å². The molecule has 1 aromatic carbocycles. The molecule has 4 heteroatoms. The highest BCUT2D eigenvalue weighted by molar-refractivity contribution is 7.09. The van der Waals surface area contributed by atoms with Crippen LogP contribution in [-0.4, -0.2) is 4.98 Å². The lowest BCUT2D eigenvalue weighted by molar-refractivity contribution is 0.474. The Bertz CT molecular complexity index is 586. The predicted octanol–water partition coefficient (Wildman–Crippen LogP) is 3.13. The zero-order valence-electron chi connectivity index (χ0n) is 9.17. The SMILES string of the molecule is NC(Cc1ccccc1)c1nc2cscc2o1. The molecule has 0 bridgehead atoms. The lowest BCUT2D eigenvalue weighted by Crippen LogP contribution is -2.13. The molecule has 2 heterocycles. The van der Waals surface area contributed by atoms with Gasteiger partial charge in [-0.05, 0) is 12.0 Å². The van der Waals surface area contributed by atoms with Gasteiger partial charge in [-0.25, -0.2) is 4.98 Å². The van der Waals surface area contributed by atoms with Gasteiger partial charge in [0.2, 0.25) is 5.89 Å². The molecule has 0 aliphatic heterocycles. The van der Waals surface area contributed by atoms with E-state index in [9.17, 15) is 0 Å². The molecule has 0 spiro atoms. The topological polar surface area (TPSA) is 52.0 Å². The summed E-state index contributed by atoms with van der Waals surface area (Å²) < 4.78 is 5.62. The Morgan fingerprint density at radius 1 is 1.24 bits per heavy atom. The van der Waals surface area contributed by atoms with Crippen LogP contribution in [-0.2, 0) is 6.42 Å². The van der Waals surface area contributed by atoms with Crippen molar-refractivity contribution in [1.82, 2.24) is 4.98 Å². The standard InChI is InChI=1S/C13H12N2OS/c14-10(6-9-4-2-1-3-5-9)13-15-11-7-17-8-12(11)16-13/h1-5,7-8,10H,6,14H2. The summed E-state index contributed by atoms with van der Waals surface area (Å²) in [5.41, 5.74) is 9.02. The number of nitrogens with zero attached hydrogens (tertiary/aromatic N) is 1. The first-order chi connectivity index (χ1) is 8.33. The zero-order valence-corrected chi connectivity index (χ0v) is 9.98. The van der Waals surface area contributed by atoms with E-state index in [1.807, 2.05) is 29.0 Å². The van der Waals surface area contributed by atoms with Gasteiger partial charge in [0.15, 0.2) is 5.58 Å². The summed E-state index contributed by atoms with van der Waals surface area (Å²) in [4.78, 5) is 4.39. The fourth-order valence-electron chi connectivity index (χ4n) is 1.80. The Kier molecular flexibility index (Phi) is 2.66. The molecule has 3 rings (SSSR count). The van der Waals surface area contributed by atoms with Crippen LogP contribution in [0.1, 0.15) is 17.5 Å². The minimum Gasteiger partial charge on any atom is -0.438 e. The number of aromatic nitrogens is 1. The van der Waals surface area contributed by atoms with Crippen molar-refractivity contribution >= 4 is 22.4 Å². The monoisotopic (exact) mass is 244 g/mol. The molecule has 1 atom stereocenters. The maximum Gasteiger partial charge on any atom is 0.212 e. The predicted molar refractivity (Wildman–Crippen MR) is 69.0 cm³/mol. The van der Waals surface area contributed by atoms with Gasteiger partial charge in [-0.15, -0.1) is 11.3 Å². The fourth-order valence-corrected chi connectivity index (χ4v) is 2.46. The summed E-state index contributed by atoms with van der Waals surface area (Å²) in [6.45, 7) is 0. The van der Waals surface area contributed by atoms with Crippen LogP contribution in [0.25, 0.3) is 11.1 Å². The molecule has 0 saturated carbocycles. The number of hydrogen-bond donors (Lipinski definition) is 1. The van der Waals surface area contributed by atoms with Crippen molar-refractivity contribution in [1.29, 1.82) is 0 Å². The quantitative estimate of drug-likeness (QED) is 0.770. The molecule has 0 amide bonds. The molecule has 0 aliphatic rings. The molecule has 0 saturated heterocycles. The Morgan fingerprint density at radius 2 is 2.06 bits per heavy atom. The van der Waals surface area contributed by atoms with Gasteiger partial charge in [-0.2, -0.15) is 0 Å². The zero-order chi connectivity index (χ0) is 11.7. The Labute approximate surface area is 103 Å². The minimum absolute atomic E-state index is 0.185. The van der Waals surface area contributed by atoms with E-state index in [-0.39, 0.29) is 6.04 Å². The van der Waals surface area contributed by atoms with Gasteiger partial charge < -0.3 is 10.2 Å². The number of fused-ring (bicyclic) bond motifs is 1. The number of thiophene rings is 1. The molecule has 2 aromatic heterocycles. The van der Waals surface area contributed by atoms with Crippen molar-refractivity contribution in [2.45, 2.75) is 12.5 Å². The van der Waals surface area contributed by atoms with Gasteiger partial charge in [0.25, 0.3) is 0 Å². The van der Waals surface area contributed by atoms with Gasteiger partial charge in [-0.1, -0.05) is 30.3 Å². The van der Waals surface area contributed by atoms with Gasteiger partial charge in [0.1, 0.15) is 5.52 Å². The Balaban J connectivity index is 1.82. The summed E-state index contributed by atoms with van der Waals surface area (Å²) in [5.74, 6) is 0.617. The Hall–Kier alpha value is -1.65. The van der Waals surface area contributed by atoms with E-state index in [1.54, 1.807) is 11.3 Å². The van der Waals surface area contributed by atoms with Crippen LogP contribution in [0.3, 0.4) is 0 Å². The van der Waals surface area contributed by atoms with E-state index in [1.165, 1.54) is 5.56 Å². The Morgan fingerprint density at radius 3 is 2.82 bits per heavy atom. The van der Waals surface area contributed by atoms with Crippen LogP contribution in [0.4, 0.5) is 0 Å². The average Bonchev–Trinajstić information content (AvgIpc) is 2.90. The minimum atomic E-state index is -0.185. The van der Waals surface area contributed by atoms with Crippen LogP contribution >= 0.6 is 11.3 Å². The summed E-state index contributed by atoms with van der Waals surface area (Å²) in [6, 6.07) is 9.95. The number of oxazole rings is 1. The average molecular weight is 244 g/mol.